The van der Waals surface area contributed by atoms with E-state index in [1.807, 2.05) is 57.2 Å². The molecule has 2 aromatic carbocycles. The van der Waals surface area contributed by atoms with Gasteiger partial charge < -0.3 is 5.32 Å². The fraction of sp³-hybridized carbons (Fsp3) is 0.300. The van der Waals surface area contributed by atoms with Crippen LogP contribution in [0.4, 0.5) is 0 Å². The zero-order valence-corrected chi connectivity index (χ0v) is 15.0. The van der Waals surface area contributed by atoms with E-state index in [9.17, 15) is 9.59 Å². The summed E-state index contributed by atoms with van der Waals surface area (Å²) in [6.07, 6.45) is 0.382. The van der Waals surface area contributed by atoms with Crippen molar-refractivity contribution in [2.75, 3.05) is 0 Å². The van der Waals surface area contributed by atoms with Gasteiger partial charge in [-0.25, -0.2) is 0 Å². The van der Waals surface area contributed by atoms with Crippen LogP contribution in [0.5, 0.6) is 0 Å². The number of nitrogens with one attached hydrogen (secondary N) is 1. The Morgan fingerprint density at radius 3 is 2.46 bits per heavy atom. The first-order chi connectivity index (χ1) is 11.4. The fourth-order valence-corrected chi connectivity index (χ4v) is 2.66. The van der Waals surface area contributed by atoms with Crippen molar-refractivity contribution in [3.05, 3.63) is 69.7 Å². The van der Waals surface area contributed by atoms with E-state index in [2.05, 4.69) is 5.32 Å². The number of carbonyl (C=O) groups excluding carboxylic acids is 2. The van der Waals surface area contributed by atoms with Crippen LogP contribution in [0.2, 0.25) is 5.02 Å². The van der Waals surface area contributed by atoms with Crippen LogP contribution in [0.1, 0.15) is 52.9 Å². The van der Waals surface area contributed by atoms with Crippen LogP contribution in [-0.2, 0) is 4.79 Å². The van der Waals surface area contributed by atoms with Crippen LogP contribution in [0.3, 0.4) is 0 Å². The first kappa shape index (κ1) is 18.2. The number of amides is 1. The van der Waals surface area contributed by atoms with Crippen molar-refractivity contribution >= 4 is 23.3 Å². The molecule has 1 N–H and O–H groups in total. The molecule has 0 aliphatic carbocycles. The smallest absolute Gasteiger partial charge is 0.220 e. The first-order valence-corrected chi connectivity index (χ1v) is 8.40. The second-order valence-electron chi connectivity index (χ2n) is 6.07. The monoisotopic (exact) mass is 343 g/mol. The van der Waals surface area contributed by atoms with Gasteiger partial charge in [0.25, 0.3) is 0 Å². The predicted molar refractivity (Wildman–Crippen MR) is 97.5 cm³/mol. The molecule has 0 fully saturated rings. The van der Waals surface area contributed by atoms with Gasteiger partial charge in [0, 0.05) is 23.4 Å². The van der Waals surface area contributed by atoms with Crippen LogP contribution in [0, 0.1) is 13.8 Å². The molecule has 24 heavy (non-hydrogen) atoms. The van der Waals surface area contributed by atoms with E-state index >= 15 is 0 Å². The summed E-state index contributed by atoms with van der Waals surface area (Å²) in [5.74, 6) is -0.150. The van der Waals surface area contributed by atoms with Crippen LogP contribution in [0.25, 0.3) is 0 Å². The summed E-state index contributed by atoms with van der Waals surface area (Å²) in [4.78, 5) is 24.3. The molecule has 1 amide bonds. The third-order valence-electron chi connectivity index (χ3n) is 4.13. The third-order valence-corrected chi connectivity index (χ3v) is 4.37. The fourth-order valence-electron chi connectivity index (χ4n) is 2.46. The van der Waals surface area contributed by atoms with E-state index in [1.165, 1.54) is 0 Å². The maximum Gasteiger partial charge on any atom is 0.220 e. The Hall–Kier alpha value is -2.13. The molecule has 2 rings (SSSR count). The topological polar surface area (TPSA) is 46.2 Å². The van der Waals surface area contributed by atoms with Gasteiger partial charge in [-0.3, -0.25) is 9.59 Å². The molecule has 0 saturated carbocycles. The average molecular weight is 344 g/mol. The van der Waals surface area contributed by atoms with Gasteiger partial charge in [0.15, 0.2) is 5.78 Å². The van der Waals surface area contributed by atoms with Crippen LogP contribution >= 0.6 is 11.6 Å². The van der Waals surface area contributed by atoms with Crippen LogP contribution in [-0.4, -0.2) is 11.7 Å². The summed E-state index contributed by atoms with van der Waals surface area (Å²) >= 11 is 5.96. The van der Waals surface area contributed by atoms with Crippen LogP contribution < -0.4 is 5.32 Å². The second-order valence-corrected chi connectivity index (χ2v) is 6.50. The van der Waals surface area contributed by atoms with E-state index in [4.69, 9.17) is 11.6 Å². The largest absolute Gasteiger partial charge is 0.350 e. The number of hydrogen-bond acceptors (Lipinski definition) is 2. The van der Waals surface area contributed by atoms with E-state index in [0.29, 0.717) is 10.6 Å². The number of halogens is 1. The first-order valence-electron chi connectivity index (χ1n) is 8.02. The van der Waals surface area contributed by atoms with Crippen molar-refractivity contribution in [3.63, 3.8) is 0 Å². The summed E-state index contributed by atoms with van der Waals surface area (Å²) in [6.45, 7) is 5.88. The number of hydrogen-bond donors (Lipinski definition) is 1. The maximum absolute atomic E-state index is 12.2. The second kappa shape index (κ2) is 8.11. The van der Waals surface area contributed by atoms with Gasteiger partial charge in [-0.05, 0) is 55.7 Å². The minimum absolute atomic E-state index is 0.0105. The minimum atomic E-state index is -0.145. The summed E-state index contributed by atoms with van der Waals surface area (Å²) in [5.41, 5.74) is 3.84. The molecule has 0 saturated heterocycles. The Morgan fingerprint density at radius 1 is 1.04 bits per heavy atom. The van der Waals surface area contributed by atoms with Gasteiger partial charge in [0.1, 0.15) is 0 Å². The molecule has 0 aromatic heterocycles. The molecule has 0 spiro atoms. The highest BCUT2D eigenvalue weighted by atomic mass is 35.5. The summed E-state index contributed by atoms with van der Waals surface area (Å²) in [7, 11) is 0. The van der Waals surface area contributed by atoms with Crippen molar-refractivity contribution in [3.8, 4) is 0 Å². The van der Waals surface area contributed by atoms with E-state index in [-0.39, 0.29) is 30.6 Å². The molecule has 1 atom stereocenters. The van der Waals surface area contributed by atoms with E-state index in [1.54, 1.807) is 6.07 Å². The Labute approximate surface area is 148 Å². The molecule has 3 nitrogen and oxygen atoms in total. The van der Waals surface area contributed by atoms with Crippen molar-refractivity contribution in [2.45, 2.75) is 39.7 Å². The Bertz CT molecular complexity index is 755. The molecular formula is C20H22ClNO2. The number of carbonyl (C=O) groups is 2. The Balaban J connectivity index is 1.88. The highest BCUT2D eigenvalue weighted by Gasteiger charge is 2.13. The van der Waals surface area contributed by atoms with E-state index in [0.717, 1.165) is 16.7 Å². The highest BCUT2D eigenvalue weighted by molar-refractivity contribution is 6.30. The summed E-state index contributed by atoms with van der Waals surface area (Å²) in [6, 6.07) is 12.9. The van der Waals surface area contributed by atoms with Gasteiger partial charge in [-0.2, -0.15) is 0 Å². The zero-order valence-electron chi connectivity index (χ0n) is 14.2. The summed E-state index contributed by atoms with van der Waals surface area (Å²) < 4.78 is 0. The molecule has 4 heteroatoms. The molecule has 2 aromatic rings. The lowest BCUT2D eigenvalue weighted by Crippen LogP contribution is -2.26. The van der Waals surface area contributed by atoms with Crippen LogP contribution in [0.15, 0.2) is 42.5 Å². The predicted octanol–water partition coefficient (Wildman–Crippen LogP) is 4.80. The number of Topliss-reactive ketones (excluding diaryl/α,β-unsaturated/α-hetero) is 1. The number of ketones is 1. The number of rotatable bonds is 6. The Morgan fingerprint density at radius 2 is 1.79 bits per heavy atom. The molecule has 0 radical (unpaired) electrons. The molecule has 126 valence electrons. The minimum Gasteiger partial charge on any atom is -0.350 e. The molecule has 0 aliphatic heterocycles. The van der Waals surface area contributed by atoms with Crippen molar-refractivity contribution in [1.29, 1.82) is 0 Å². The van der Waals surface area contributed by atoms with Gasteiger partial charge in [-0.1, -0.05) is 35.9 Å². The number of aryl methyl sites for hydroxylation is 2. The maximum atomic E-state index is 12.2. The molecule has 0 aliphatic rings. The molecule has 0 heterocycles. The van der Waals surface area contributed by atoms with Crippen molar-refractivity contribution < 1.29 is 9.59 Å². The van der Waals surface area contributed by atoms with Gasteiger partial charge in [0.2, 0.25) is 5.91 Å². The quantitative estimate of drug-likeness (QED) is 0.766. The highest BCUT2D eigenvalue weighted by Crippen LogP contribution is 2.18. The molecular weight excluding hydrogens is 322 g/mol. The molecule has 0 bridgehead atoms. The normalized spacial score (nSPS) is 11.8. The van der Waals surface area contributed by atoms with Gasteiger partial charge >= 0.3 is 0 Å². The van der Waals surface area contributed by atoms with Gasteiger partial charge in [0.05, 0.1) is 6.04 Å². The lowest BCUT2D eigenvalue weighted by Gasteiger charge is -2.14. The van der Waals surface area contributed by atoms with Crippen molar-refractivity contribution in [1.82, 2.24) is 5.32 Å². The van der Waals surface area contributed by atoms with Crippen molar-refractivity contribution in [2.24, 2.45) is 0 Å². The lowest BCUT2D eigenvalue weighted by atomic mass is 10.0. The standard InChI is InChI=1S/C20H22ClNO2/c1-13-7-8-17(11-14(13)2)19(23)9-10-20(24)22-15(3)16-5-4-6-18(21)12-16/h4-8,11-12,15H,9-10H2,1-3H3,(H,22,24). The number of benzene rings is 2. The zero-order chi connectivity index (χ0) is 17.7. The van der Waals surface area contributed by atoms with E-state index < -0.39 is 0 Å². The summed E-state index contributed by atoms with van der Waals surface area (Å²) in [5, 5.41) is 3.54. The van der Waals surface area contributed by atoms with Gasteiger partial charge in [-0.15, -0.1) is 0 Å². The third kappa shape index (κ3) is 4.93. The Kier molecular flexibility index (Phi) is 6.16. The SMILES string of the molecule is Cc1ccc(C(=O)CCC(=O)NC(C)c2cccc(Cl)c2)cc1C. The average Bonchev–Trinajstić information content (AvgIpc) is 2.55. The molecule has 1 unspecified atom stereocenters. The lowest BCUT2D eigenvalue weighted by molar-refractivity contribution is -0.121.